The molecular weight excluding hydrogens is 524 g/mol. The van der Waals surface area contributed by atoms with Crippen molar-refractivity contribution < 1.29 is 19.4 Å². The van der Waals surface area contributed by atoms with Crippen LogP contribution in [-0.4, -0.2) is 43.6 Å². The van der Waals surface area contributed by atoms with E-state index in [1.54, 1.807) is 6.33 Å². The zero-order valence-corrected chi connectivity index (χ0v) is 20.8. The van der Waals surface area contributed by atoms with Gasteiger partial charge in [-0.1, -0.05) is 19.3 Å². The molecule has 1 aliphatic carbocycles. The lowest BCUT2D eigenvalue weighted by Crippen LogP contribution is -2.41. The van der Waals surface area contributed by atoms with E-state index in [0.29, 0.717) is 52.9 Å². The zero-order valence-electron chi connectivity index (χ0n) is 18.4. The SMILES string of the molecule is Nc1ncn(CCC(NC(=O)O)C2CCCCC2)c2nc(Sc3cc4c(cc3Br)OCO4)nc1-2. The van der Waals surface area contributed by atoms with E-state index >= 15 is 0 Å². The molecule has 180 valence electrons. The number of hydrogen-bond donors (Lipinski definition) is 3. The van der Waals surface area contributed by atoms with Crippen LogP contribution in [0.5, 0.6) is 11.5 Å². The van der Waals surface area contributed by atoms with E-state index in [2.05, 4.69) is 31.2 Å². The van der Waals surface area contributed by atoms with E-state index in [0.717, 1.165) is 35.1 Å². The Hall–Kier alpha value is -2.73. The highest BCUT2D eigenvalue weighted by Crippen LogP contribution is 2.43. The summed E-state index contributed by atoms with van der Waals surface area (Å²) in [7, 11) is 0. The summed E-state index contributed by atoms with van der Waals surface area (Å²) in [5, 5.41) is 12.6. The van der Waals surface area contributed by atoms with E-state index in [1.807, 2.05) is 16.7 Å². The number of halogens is 1. The van der Waals surface area contributed by atoms with Gasteiger partial charge < -0.3 is 30.2 Å². The van der Waals surface area contributed by atoms with Gasteiger partial charge in [-0.05, 0) is 65.0 Å². The lowest BCUT2D eigenvalue weighted by molar-refractivity contribution is 0.173. The van der Waals surface area contributed by atoms with Gasteiger partial charge in [0.15, 0.2) is 34.0 Å². The standard InChI is InChI=1S/C22H25BrN6O4S/c23-13-8-15-16(33-11-32-15)9-17(13)34-21-27-18-19(24)25-10-29(20(18)28-21)7-6-14(26-22(30)31)12-4-2-1-3-5-12/h8-10,12,14,26H,1-7,11,24H2,(H,30,31). The van der Waals surface area contributed by atoms with Crippen LogP contribution in [0.2, 0.25) is 0 Å². The maximum atomic E-state index is 11.4. The molecule has 0 radical (unpaired) electrons. The first-order valence-corrected chi connectivity index (χ1v) is 12.8. The molecule has 1 amide bonds. The Morgan fingerprint density at radius 2 is 2.03 bits per heavy atom. The molecular formula is C22H25BrN6O4S. The molecule has 5 rings (SSSR count). The second-order valence-corrected chi connectivity index (χ2v) is 10.3. The number of benzene rings is 1. The molecule has 0 aromatic heterocycles. The number of nitrogens with zero attached hydrogens (tertiary/aromatic N) is 4. The molecule has 1 fully saturated rings. The van der Waals surface area contributed by atoms with Crippen LogP contribution in [-0.2, 0) is 6.54 Å². The fraction of sp³-hybridized carbons (Fsp3) is 0.455. The quantitative estimate of drug-likeness (QED) is 0.386. The number of rotatable bonds is 7. The van der Waals surface area contributed by atoms with Gasteiger partial charge in [0.1, 0.15) is 0 Å². The molecule has 10 nitrogen and oxygen atoms in total. The van der Waals surface area contributed by atoms with Crippen LogP contribution in [0.25, 0.3) is 11.5 Å². The molecule has 3 heterocycles. The summed E-state index contributed by atoms with van der Waals surface area (Å²) in [6.45, 7) is 0.759. The van der Waals surface area contributed by atoms with E-state index in [1.165, 1.54) is 18.2 Å². The molecule has 1 unspecified atom stereocenters. The average Bonchev–Trinajstić information content (AvgIpc) is 3.45. The average molecular weight is 549 g/mol. The molecule has 1 aromatic carbocycles. The maximum absolute atomic E-state index is 11.4. The van der Waals surface area contributed by atoms with Gasteiger partial charge in [-0.15, -0.1) is 0 Å². The van der Waals surface area contributed by atoms with Crippen LogP contribution in [0.15, 0.2) is 33.0 Å². The number of nitrogens with two attached hydrogens (primary N) is 1. The van der Waals surface area contributed by atoms with Gasteiger partial charge in [0.2, 0.25) is 6.79 Å². The van der Waals surface area contributed by atoms with Crippen molar-refractivity contribution in [3.05, 3.63) is 22.9 Å². The summed E-state index contributed by atoms with van der Waals surface area (Å²) < 4.78 is 13.6. The molecule has 1 saturated carbocycles. The Balaban J connectivity index is 1.36. The number of aryl methyl sites for hydroxylation is 1. The van der Waals surface area contributed by atoms with Gasteiger partial charge in [-0.3, -0.25) is 0 Å². The fourth-order valence-corrected chi connectivity index (χ4v) is 5.97. The minimum atomic E-state index is -0.984. The van der Waals surface area contributed by atoms with E-state index in [-0.39, 0.29) is 12.8 Å². The van der Waals surface area contributed by atoms with Crippen LogP contribution >= 0.6 is 27.7 Å². The first-order chi connectivity index (χ1) is 16.5. The Morgan fingerprint density at radius 3 is 2.79 bits per heavy atom. The molecule has 12 heteroatoms. The Labute approximate surface area is 209 Å². The monoisotopic (exact) mass is 548 g/mol. The highest BCUT2D eigenvalue weighted by molar-refractivity contribution is 9.10. The first-order valence-electron chi connectivity index (χ1n) is 11.2. The normalized spacial score (nSPS) is 16.6. The lowest BCUT2D eigenvalue weighted by atomic mass is 9.82. The van der Waals surface area contributed by atoms with Gasteiger partial charge in [0.25, 0.3) is 0 Å². The molecule has 3 aliphatic heterocycles. The number of ether oxygens (including phenoxy) is 2. The van der Waals surface area contributed by atoms with Crippen molar-refractivity contribution >= 4 is 39.6 Å². The van der Waals surface area contributed by atoms with Crippen LogP contribution in [0.3, 0.4) is 0 Å². The number of anilines is 1. The van der Waals surface area contributed by atoms with Crippen molar-refractivity contribution in [2.75, 3.05) is 12.5 Å². The van der Waals surface area contributed by atoms with Crippen molar-refractivity contribution in [1.82, 2.24) is 24.8 Å². The topological polar surface area (TPSA) is 137 Å². The molecule has 4 N–H and O–H groups in total. The van der Waals surface area contributed by atoms with Gasteiger partial charge in [0.05, 0.1) is 6.33 Å². The number of imidazole rings is 1. The number of carboxylic acid groups (broad SMARTS) is 1. The summed E-state index contributed by atoms with van der Waals surface area (Å²) >= 11 is 4.96. The Morgan fingerprint density at radius 1 is 1.26 bits per heavy atom. The van der Waals surface area contributed by atoms with Crippen molar-refractivity contribution in [3.63, 3.8) is 0 Å². The highest BCUT2D eigenvalue weighted by atomic mass is 79.9. The largest absolute Gasteiger partial charge is 0.465 e. The molecule has 0 saturated heterocycles. The predicted octanol–water partition coefficient (Wildman–Crippen LogP) is 4.61. The highest BCUT2D eigenvalue weighted by Gasteiger charge is 2.27. The molecule has 34 heavy (non-hydrogen) atoms. The summed E-state index contributed by atoms with van der Waals surface area (Å²) in [6.07, 6.45) is 6.92. The zero-order chi connectivity index (χ0) is 23.7. The van der Waals surface area contributed by atoms with Crippen LogP contribution in [0.1, 0.15) is 38.5 Å². The summed E-state index contributed by atoms with van der Waals surface area (Å²) in [6, 6.07) is 3.64. The molecule has 4 aliphatic rings. The molecule has 1 aromatic rings. The third kappa shape index (κ3) is 4.88. The second-order valence-electron chi connectivity index (χ2n) is 8.48. The number of nitrogen functional groups attached to an aromatic ring is 1. The number of hydrogen-bond acceptors (Lipinski definition) is 8. The van der Waals surface area contributed by atoms with Gasteiger partial charge in [0, 0.05) is 22.0 Å². The summed E-state index contributed by atoms with van der Waals surface area (Å²) in [5.74, 6) is 2.66. The number of aromatic nitrogens is 4. The van der Waals surface area contributed by atoms with Crippen LogP contribution < -0.4 is 20.5 Å². The maximum Gasteiger partial charge on any atom is 0.404 e. The van der Waals surface area contributed by atoms with Crippen molar-refractivity contribution in [3.8, 4) is 23.0 Å². The minimum absolute atomic E-state index is 0.112. The smallest absolute Gasteiger partial charge is 0.404 e. The molecule has 0 bridgehead atoms. The van der Waals surface area contributed by atoms with Crippen molar-refractivity contribution in [1.29, 1.82) is 0 Å². The third-order valence-electron chi connectivity index (χ3n) is 6.31. The number of fused-ring (bicyclic) bond motifs is 2. The van der Waals surface area contributed by atoms with Gasteiger partial charge in [-0.25, -0.2) is 19.7 Å². The fourth-order valence-electron chi connectivity index (χ4n) is 4.62. The second kappa shape index (κ2) is 9.87. The van der Waals surface area contributed by atoms with Crippen LogP contribution in [0.4, 0.5) is 10.6 Å². The first kappa shape index (κ1) is 23.0. The molecule has 1 atom stereocenters. The van der Waals surface area contributed by atoms with Crippen molar-refractivity contribution in [2.24, 2.45) is 5.92 Å². The number of amides is 1. The van der Waals surface area contributed by atoms with E-state index in [9.17, 15) is 9.90 Å². The summed E-state index contributed by atoms with van der Waals surface area (Å²) in [5.41, 5.74) is 6.63. The van der Waals surface area contributed by atoms with E-state index < -0.39 is 6.09 Å². The number of carbonyl (C=O) groups is 1. The van der Waals surface area contributed by atoms with Gasteiger partial charge >= 0.3 is 6.09 Å². The summed E-state index contributed by atoms with van der Waals surface area (Å²) in [4.78, 5) is 25.9. The van der Waals surface area contributed by atoms with Crippen molar-refractivity contribution in [2.45, 2.75) is 61.2 Å². The Kier molecular flexibility index (Phi) is 6.68. The predicted molar refractivity (Wildman–Crippen MR) is 129 cm³/mol. The molecule has 0 spiro atoms. The minimum Gasteiger partial charge on any atom is -0.465 e. The lowest BCUT2D eigenvalue weighted by Gasteiger charge is -2.30. The Bertz CT molecular complexity index is 1170. The number of nitrogens with one attached hydrogen (secondary N) is 1. The van der Waals surface area contributed by atoms with Crippen LogP contribution in [0, 0.1) is 5.92 Å². The van der Waals surface area contributed by atoms with E-state index in [4.69, 9.17) is 20.2 Å². The van der Waals surface area contributed by atoms with Gasteiger partial charge in [-0.2, -0.15) is 0 Å². The third-order valence-corrected chi connectivity index (χ3v) is 8.15.